The van der Waals surface area contributed by atoms with Crippen molar-refractivity contribution in [3.8, 4) is 11.1 Å². The smallest absolute Gasteiger partial charge is 0.352 e. The van der Waals surface area contributed by atoms with Gasteiger partial charge in [0.1, 0.15) is 5.71 Å². The monoisotopic (exact) mass is 310 g/mol. The van der Waals surface area contributed by atoms with Crippen LogP contribution in [-0.2, 0) is 9.53 Å². The number of rotatable bonds is 4. The molecular formula is C18H18N2O3. The number of hydrogen-bond acceptors (Lipinski definition) is 3. The van der Waals surface area contributed by atoms with Gasteiger partial charge < -0.3 is 10.1 Å². The van der Waals surface area contributed by atoms with Crippen LogP contribution in [0.4, 0.5) is 10.5 Å². The Hall–Kier alpha value is -2.95. The summed E-state index contributed by atoms with van der Waals surface area (Å²) in [6.07, 6.45) is 0. The van der Waals surface area contributed by atoms with Crippen LogP contribution in [0.15, 0.2) is 59.6 Å². The van der Waals surface area contributed by atoms with Gasteiger partial charge in [-0.3, -0.25) is 0 Å². The molecule has 2 aromatic carbocycles. The molecule has 0 bridgehead atoms. The maximum absolute atomic E-state index is 12.0. The highest BCUT2D eigenvalue weighted by Crippen LogP contribution is 2.27. The molecule has 118 valence electrons. The number of para-hydroxylation sites is 1. The van der Waals surface area contributed by atoms with E-state index in [9.17, 15) is 9.59 Å². The Morgan fingerprint density at radius 1 is 1.04 bits per heavy atom. The summed E-state index contributed by atoms with van der Waals surface area (Å²) >= 11 is 0. The van der Waals surface area contributed by atoms with Crippen LogP contribution in [0, 0.1) is 0 Å². The largest absolute Gasteiger partial charge is 0.462 e. The molecule has 2 rings (SSSR count). The molecule has 0 saturated heterocycles. The number of anilines is 1. The fourth-order valence-corrected chi connectivity index (χ4v) is 2.04. The van der Waals surface area contributed by atoms with Gasteiger partial charge in [-0.05, 0) is 25.5 Å². The van der Waals surface area contributed by atoms with Gasteiger partial charge in [0.25, 0.3) is 0 Å². The first kappa shape index (κ1) is 16.4. The van der Waals surface area contributed by atoms with Crippen LogP contribution in [0.5, 0.6) is 0 Å². The van der Waals surface area contributed by atoms with Crippen molar-refractivity contribution < 1.29 is 14.3 Å². The maximum atomic E-state index is 12.0. The molecule has 0 heterocycles. The average Bonchev–Trinajstić information content (AvgIpc) is 2.56. The van der Waals surface area contributed by atoms with Gasteiger partial charge in [0.05, 0.1) is 12.3 Å². The summed E-state index contributed by atoms with van der Waals surface area (Å²) in [4.78, 5) is 27.2. The van der Waals surface area contributed by atoms with Crippen molar-refractivity contribution in [3.05, 3.63) is 54.6 Å². The second-order valence-electron chi connectivity index (χ2n) is 4.76. The number of hydrogen-bond donors (Lipinski definition) is 1. The molecule has 5 heteroatoms. The molecule has 0 saturated carbocycles. The summed E-state index contributed by atoms with van der Waals surface area (Å²) in [5.41, 5.74) is 2.51. The third-order valence-electron chi connectivity index (χ3n) is 3.09. The number of amides is 2. The summed E-state index contributed by atoms with van der Waals surface area (Å²) in [5, 5.41) is 2.70. The Kier molecular flexibility index (Phi) is 5.63. The first-order valence-corrected chi connectivity index (χ1v) is 7.29. The van der Waals surface area contributed by atoms with Crippen molar-refractivity contribution in [2.75, 3.05) is 11.9 Å². The normalized spacial score (nSPS) is 11.0. The predicted octanol–water partition coefficient (Wildman–Crippen LogP) is 3.91. The van der Waals surface area contributed by atoms with Gasteiger partial charge in [0.2, 0.25) is 0 Å². The lowest BCUT2D eigenvalue weighted by Gasteiger charge is -2.10. The Bertz CT molecular complexity index is 724. The molecule has 0 spiro atoms. The second kappa shape index (κ2) is 7.89. The SMILES string of the molecule is CCOC(=O)C(C)=NC(=O)Nc1ccccc1-c1ccccc1. The Balaban J connectivity index is 2.20. The van der Waals surface area contributed by atoms with Crippen molar-refractivity contribution in [1.82, 2.24) is 0 Å². The van der Waals surface area contributed by atoms with E-state index >= 15 is 0 Å². The Morgan fingerprint density at radius 2 is 1.70 bits per heavy atom. The van der Waals surface area contributed by atoms with Crippen molar-refractivity contribution in [3.63, 3.8) is 0 Å². The van der Waals surface area contributed by atoms with E-state index in [-0.39, 0.29) is 12.3 Å². The molecule has 0 unspecified atom stereocenters. The number of urea groups is 1. The van der Waals surface area contributed by atoms with Gasteiger partial charge in [-0.2, -0.15) is 4.99 Å². The highest BCUT2D eigenvalue weighted by atomic mass is 16.5. The summed E-state index contributed by atoms with van der Waals surface area (Å²) in [5.74, 6) is -0.598. The Morgan fingerprint density at radius 3 is 2.39 bits per heavy atom. The molecule has 0 aliphatic rings. The van der Waals surface area contributed by atoms with Gasteiger partial charge in [-0.1, -0.05) is 48.5 Å². The number of carbonyl (C=O) groups is 2. The van der Waals surface area contributed by atoms with Crippen molar-refractivity contribution >= 4 is 23.4 Å². The molecule has 0 aromatic heterocycles. The first-order valence-electron chi connectivity index (χ1n) is 7.29. The minimum atomic E-state index is -0.612. The van der Waals surface area contributed by atoms with Crippen LogP contribution in [0.25, 0.3) is 11.1 Å². The van der Waals surface area contributed by atoms with Crippen molar-refractivity contribution in [2.45, 2.75) is 13.8 Å². The van der Waals surface area contributed by atoms with Crippen LogP contribution in [0.3, 0.4) is 0 Å². The van der Waals surface area contributed by atoms with Gasteiger partial charge >= 0.3 is 12.0 Å². The van der Waals surface area contributed by atoms with Crippen LogP contribution in [0.1, 0.15) is 13.8 Å². The first-order chi connectivity index (χ1) is 11.1. The number of carbonyl (C=O) groups excluding carboxylic acids is 2. The average molecular weight is 310 g/mol. The lowest BCUT2D eigenvalue weighted by molar-refractivity contribution is -0.135. The van der Waals surface area contributed by atoms with Crippen LogP contribution >= 0.6 is 0 Å². The zero-order valence-corrected chi connectivity index (χ0v) is 13.1. The standard InChI is InChI=1S/C18H18N2O3/c1-3-23-17(21)13(2)19-18(22)20-16-12-8-7-11-15(16)14-9-5-4-6-10-14/h4-12H,3H2,1-2H3,(H,20,22). The third kappa shape index (κ3) is 4.51. The number of nitrogens with zero attached hydrogens (tertiary/aromatic N) is 1. The topological polar surface area (TPSA) is 67.8 Å². The molecule has 0 aliphatic carbocycles. The van der Waals surface area contributed by atoms with Gasteiger partial charge in [-0.25, -0.2) is 9.59 Å². The fraction of sp³-hybridized carbons (Fsp3) is 0.167. The summed E-state index contributed by atoms with van der Waals surface area (Å²) in [7, 11) is 0. The zero-order valence-electron chi connectivity index (χ0n) is 13.1. The summed E-state index contributed by atoms with van der Waals surface area (Å²) in [6, 6.07) is 16.5. The van der Waals surface area contributed by atoms with E-state index in [0.29, 0.717) is 5.69 Å². The number of nitrogens with one attached hydrogen (secondary N) is 1. The summed E-state index contributed by atoms with van der Waals surface area (Å²) in [6.45, 7) is 3.38. The minimum Gasteiger partial charge on any atom is -0.462 e. The maximum Gasteiger partial charge on any atom is 0.352 e. The fourth-order valence-electron chi connectivity index (χ4n) is 2.04. The molecule has 2 aromatic rings. The molecular weight excluding hydrogens is 292 g/mol. The molecule has 23 heavy (non-hydrogen) atoms. The molecule has 5 nitrogen and oxygen atoms in total. The van der Waals surface area contributed by atoms with E-state index in [2.05, 4.69) is 10.3 Å². The number of benzene rings is 2. The van der Waals surface area contributed by atoms with Gasteiger partial charge in [0.15, 0.2) is 0 Å². The molecule has 0 radical (unpaired) electrons. The third-order valence-corrected chi connectivity index (χ3v) is 3.09. The summed E-state index contributed by atoms with van der Waals surface area (Å²) < 4.78 is 4.80. The molecule has 1 N–H and O–H groups in total. The Labute approximate surface area is 135 Å². The predicted molar refractivity (Wildman–Crippen MR) is 90.6 cm³/mol. The molecule has 0 atom stereocenters. The molecule has 0 aliphatic heterocycles. The number of aliphatic imine (C=N–C) groups is 1. The van der Waals surface area contributed by atoms with E-state index in [4.69, 9.17) is 4.74 Å². The highest BCUT2D eigenvalue weighted by Gasteiger charge is 2.11. The van der Waals surface area contributed by atoms with E-state index in [0.717, 1.165) is 11.1 Å². The van der Waals surface area contributed by atoms with E-state index in [1.54, 1.807) is 13.0 Å². The lowest BCUT2D eigenvalue weighted by Crippen LogP contribution is -2.18. The highest BCUT2D eigenvalue weighted by molar-refractivity contribution is 6.37. The van der Waals surface area contributed by atoms with Gasteiger partial charge in [-0.15, -0.1) is 0 Å². The van der Waals surface area contributed by atoms with E-state index in [1.807, 2.05) is 48.5 Å². The number of ether oxygens (including phenoxy) is 1. The van der Waals surface area contributed by atoms with Crippen LogP contribution in [0.2, 0.25) is 0 Å². The van der Waals surface area contributed by atoms with Crippen LogP contribution in [-0.4, -0.2) is 24.3 Å². The van der Waals surface area contributed by atoms with Crippen molar-refractivity contribution in [2.24, 2.45) is 4.99 Å². The van der Waals surface area contributed by atoms with E-state index in [1.165, 1.54) is 6.92 Å². The van der Waals surface area contributed by atoms with E-state index < -0.39 is 12.0 Å². The second-order valence-corrected chi connectivity index (χ2v) is 4.76. The minimum absolute atomic E-state index is 0.0153. The zero-order chi connectivity index (χ0) is 16.7. The molecule has 0 fully saturated rings. The quantitative estimate of drug-likeness (QED) is 0.687. The number of esters is 1. The van der Waals surface area contributed by atoms with Crippen LogP contribution < -0.4 is 5.32 Å². The van der Waals surface area contributed by atoms with Crippen molar-refractivity contribution in [1.29, 1.82) is 0 Å². The lowest BCUT2D eigenvalue weighted by atomic mass is 10.0. The molecule has 2 amide bonds. The van der Waals surface area contributed by atoms with Gasteiger partial charge in [0, 0.05) is 5.56 Å².